The third-order valence-corrected chi connectivity index (χ3v) is 7.00. The van der Waals surface area contributed by atoms with Gasteiger partial charge in [0, 0.05) is 18.5 Å². The number of carboxylic acid groups (broad SMARTS) is 1. The first kappa shape index (κ1) is 35.8. The maximum Gasteiger partial charge on any atom is 0.320 e. The number of nitrogens with zero attached hydrogens (tertiary/aromatic N) is 2. The summed E-state index contributed by atoms with van der Waals surface area (Å²) in [6, 6.07) is 7.98. The highest BCUT2D eigenvalue weighted by molar-refractivity contribution is 9.10. The third-order valence-electron chi connectivity index (χ3n) is 6.46. The van der Waals surface area contributed by atoms with Gasteiger partial charge in [0.2, 0.25) is 12.0 Å². The minimum atomic E-state index is -1.38. The molecule has 246 valence electrons. The topological polar surface area (TPSA) is 223 Å². The van der Waals surface area contributed by atoms with Crippen LogP contribution in [0, 0.1) is 18.6 Å². The van der Waals surface area contributed by atoms with Crippen molar-refractivity contribution in [2.75, 3.05) is 13.2 Å². The molecule has 46 heavy (non-hydrogen) atoms. The van der Waals surface area contributed by atoms with E-state index in [1.165, 1.54) is 0 Å². The van der Waals surface area contributed by atoms with Crippen molar-refractivity contribution in [3.63, 3.8) is 0 Å². The zero-order chi connectivity index (χ0) is 34.0. The summed E-state index contributed by atoms with van der Waals surface area (Å²) in [6.07, 6.45) is -1.64. The summed E-state index contributed by atoms with van der Waals surface area (Å²) < 4.78 is 45.9. The number of benzene rings is 2. The number of amides is 1. The fourth-order valence-corrected chi connectivity index (χ4v) is 4.47. The summed E-state index contributed by atoms with van der Waals surface area (Å²) in [5.41, 5.74) is 17.3. The molecule has 0 aliphatic carbocycles. The number of hydrogen-bond donors (Lipinski definition) is 4. The predicted molar refractivity (Wildman–Crippen MR) is 164 cm³/mol. The molecule has 0 spiro atoms. The second-order valence-electron chi connectivity index (χ2n) is 10.1. The summed E-state index contributed by atoms with van der Waals surface area (Å²) in [7, 11) is 0. The van der Waals surface area contributed by atoms with Crippen LogP contribution in [0.2, 0.25) is 0 Å². The van der Waals surface area contributed by atoms with Crippen LogP contribution in [-0.2, 0) is 19.1 Å². The SMILES string of the molecule is Cc1ccc(-c2nc([C@@H](COC(=O)CCC(=O)CC(N)=NCCCC(N)C(=O)O)Oc3ccc(F)c(C(N)=O)c3F)oc2Br)cc1. The minimum absolute atomic E-state index is 0.0197. The molecule has 16 heteroatoms. The van der Waals surface area contributed by atoms with Gasteiger partial charge in [0.05, 0.1) is 12.8 Å². The molecule has 2 atom stereocenters. The van der Waals surface area contributed by atoms with Crippen molar-refractivity contribution in [2.45, 2.75) is 51.2 Å². The summed E-state index contributed by atoms with van der Waals surface area (Å²) in [6.45, 7) is 1.52. The Kier molecular flexibility index (Phi) is 12.9. The van der Waals surface area contributed by atoms with Crippen molar-refractivity contribution < 1.29 is 47.0 Å². The highest BCUT2D eigenvalue weighted by atomic mass is 79.9. The molecule has 0 bridgehead atoms. The zero-order valence-corrected chi connectivity index (χ0v) is 26.2. The molecule has 0 fully saturated rings. The first-order chi connectivity index (χ1) is 21.8. The number of rotatable bonds is 17. The Hall–Kier alpha value is -4.70. The Balaban J connectivity index is 1.68. The van der Waals surface area contributed by atoms with Crippen LogP contribution < -0.4 is 21.9 Å². The monoisotopic (exact) mass is 707 g/mol. The van der Waals surface area contributed by atoms with Crippen LogP contribution in [-0.4, -0.2) is 58.7 Å². The number of aliphatic carboxylic acids is 1. The van der Waals surface area contributed by atoms with E-state index in [9.17, 15) is 23.6 Å². The van der Waals surface area contributed by atoms with Gasteiger partial charge in [0.15, 0.2) is 16.2 Å². The van der Waals surface area contributed by atoms with Gasteiger partial charge >= 0.3 is 11.9 Å². The van der Waals surface area contributed by atoms with Crippen LogP contribution in [0.15, 0.2) is 50.5 Å². The molecule has 1 unspecified atom stereocenters. The molecule has 3 aromatic rings. The van der Waals surface area contributed by atoms with Gasteiger partial charge in [-0.05, 0) is 47.8 Å². The van der Waals surface area contributed by atoms with E-state index in [1.807, 2.05) is 19.1 Å². The van der Waals surface area contributed by atoms with Gasteiger partial charge in [0.1, 0.15) is 41.3 Å². The highest BCUT2D eigenvalue weighted by Gasteiger charge is 2.28. The van der Waals surface area contributed by atoms with E-state index in [2.05, 4.69) is 25.9 Å². The highest BCUT2D eigenvalue weighted by Crippen LogP contribution is 2.34. The number of nitrogens with two attached hydrogens (primary N) is 3. The lowest BCUT2D eigenvalue weighted by atomic mass is 10.1. The number of ketones is 1. The number of primary amides is 1. The number of carbonyl (C=O) groups is 4. The Morgan fingerprint density at radius 3 is 2.43 bits per heavy atom. The number of amidine groups is 1. The molecule has 13 nitrogen and oxygen atoms in total. The van der Waals surface area contributed by atoms with Crippen molar-refractivity contribution in [2.24, 2.45) is 22.2 Å². The van der Waals surface area contributed by atoms with Crippen LogP contribution in [0.1, 0.15) is 60.0 Å². The fraction of sp³-hybridized carbons (Fsp3) is 0.333. The lowest BCUT2D eigenvalue weighted by Crippen LogP contribution is -2.30. The van der Waals surface area contributed by atoms with E-state index in [1.54, 1.807) is 12.1 Å². The molecular weight excluding hydrogens is 676 g/mol. The van der Waals surface area contributed by atoms with Gasteiger partial charge < -0.3 is 36.2 Å². The lowest BCUT2D eigenvalue weighted by Gasteiger charge is -2.17. The van der Waals surface area contributed by atoms with Crippen LogP contribution >= 0.6 is 15.9 Å². The molecular formula is C30H32BrF2N5O8. The number of halogens is 3. The molecule has 1 heterocycles. The number of ether oxygens (including phenoxy) is 2. The maximum atomic E-state index is 15.0. The van der Waals surface area contributed by atoms with Gasteiger partial charge in [0.25, 0.3) is 5.91 Å². The Morgan fingerprint density at radius 2 is 1.78 bits per heavy atom. The quantitative estimate of drug-likeness (QED) is 0.0684. The van der Waals surface area contributed by atoms with E-state index in [0.717, 1.165) is 17.7 Å². The number of esters is 1. The number of aryl methyl sites for hydroxylation is 1. The Labute approximate surface area is 270 Å². The molecule has 1 amide bonds. The van der Waals surface area contributed by atoms with Crippen LogP contribution in [0.25, 0.3) is 11.3 Å². The van der Waals surface area contributed by atoms with Crippen LogP contribution in [0.3, 0.4) is 0 Å². The van der Waals surface area contributed by atoms with Crippen LogP contribution in [0.4, 0.5) is 8.78 Å². The number of oxazole rings is 1. The smallest absolute Gasteiger partial charge is 0.320 e. The molecule has 3 rings (SSSR count). The maximum absolute atomic E-state index is 15.0. The van der Waals surface area contributed by atoms with E-state index in [0.29, 0.717) is 17.7 Å². The van der Waals surface area contributed by atoms with Gasteiger partial charge in [-0.1, -0.05) is 29.8 Å². The largest absolute Gasteiger partial charge is 0.480 e. The summed E-state index contributed by atoms with van der Waals surface area (Å²) >= 11 is 3.29. The first-order valence-corrected chi connectivity index (χ1v) is 14.7. The van der Waals surface area contributed by atoms with Crippen molar-refractivity contribution in [3.05, 3.63) is 69.7 Å². The van der Waals surface area contributed by atoms with Crippen molar-refractivity contribution in [3.8, 4) is 17.0 Å². The zero-order valence-electron chi connectivity index (χ0n) is 24.6. The molecule has 0 saturated carbocycles. The fourth-order valence-electron chi connectivity index (χ4n) is 3.99. The molecule has 1 aromatic heterocycles. The average Bonchev–Trinajstić information content (AvgIpc) is 3.38. The normalized spacial score (nSPS) is 12.8. The van der Waals surface area contributed by atoms with Gasteiger partial charge in [-0.25, -0.2) is 13.8 Å². The van der Waals surface area contributed by atoms with Gasteiger partial charge in [-0.15, -0.1) is 0 Å². The second kappa shape index (κ2) is 16.6. The van der Waals surface area contributed by atoms with Crippen molar-refractivity contribution in [1.82, 2.24) is 4.98 Å². The molecule has 7 N–H and O–H groups in total. The third kappa shape index (κ3) is 10.2. The Morgan fingerprint density at radius 1 is 1.09 bits per heavy atom. The molecule has 0 aliphatic heterocycles. The van der Waals surface area contributed by atoms with Crippen molar-refractivity contribution >= 4 is 45.4 Å². The number of aliphatic imine (C=N–C) groups is 1. The lowest BCUT2D eigenvalue weighted by molar-refractivity contribution is -0.147. The summed E-state index contributed by atoms with van der Waals surface area (Å²) in [5, 5.41) is 8.79. The Bertz CT molecular complexity index is 1610. The predicted octanol–water partition coefficient (Wildman–Crippen LogP) is 3.74. The van der Waals surface area contributed by atoms with E-state index in [-0.39, 0.29) is 48.6 Å². The number of aromatic nitrogens is 1. The minimum Gasteiger partial charge on any atom is -0.480 e. The molecule has 2 aromatic carbocycles. The molecule has 0 saturated heterocycles. The summed E-state index contributed by atoms with van der Waals surface area (Å²) in [5.74, 6) is -6.99. The van der Waals surface area contributed by atoms with Gasteiger partial charge in [-0.2, -0.15) is 0 Å². The number of Topliss-reactive ketones (excluding diaryl/α,β-unsaturated/α-hetero) is 1. The van der Waals surface area contributed by atoms with Gasteiger partial charge in [-0.3, -0.25) is 24.2 Å². The van der Waals surface area contributed by atoms with E-state index in [4.69, 9.17) is 36.2 Å². The number of carboxylic acids is 1. The molecule has 0 aliphatic rings. The standard InChI is InChI=1S/C30H32BrF2N5O8/c1-15-4-6-16(7-5-15)26-27(31)46-29(38-26)21(45-20-10-9-18(32)24(25(20)33)28(36)41)14-44-23(40)11-8-17(39)13-22(35)37-12-2-3-19(34)30(42)43/h4-7,9-10,19,21H,2-3,8,11-14,34H2,1H3,(H2,35,37)(H2,36,41)(H,42,43)/t19?,21-/m1/s1. The van der Waals surface area contributed by atoms with E-state index < -0.39 is 65.3 Å². The number of carbonyl (C=O) groups excluding carboxylic acids is 3. The first-order valence-electron chi connectivity index (χ1n) is 13.9. The molecule has 0 radical (unpaired) electrons. The van der Waals surface area contributed by atoms with Crippen molar-refractivity contribution in [1.29, 1.82) is 0 Å². The van der Waals surface area contributed by atoms with E-state index >= 15 is 4.39 Å². The average molecular weight is 709 g/mol. The van der Waals surface area contributed by atoms with Crippen LogP contribution in [0.5, 0.6) is 5.75 Å². The second-order valence-corrected chi connectivity index (χ2v) is 10.8. The number of hydrogen-bond acceptors (Lipinski definition) is 10. The summed E-state index contributed by atoms with van der Waals surface area (Å²) in [4.78, 5) is 55.6.